The van der Waals surface area contributed by atoms with Crippen LogP contribution in [0.5, 0.6) is 11.5 Å². The molecule has 0 saturated heterocycles. The number of nitro benzene ring substituents is 1. The summed E-state index contributed by atoms with van der Waals surface area (Å²) in [6.07, 6.45) is 0. The number of nitro groups is 1. The molecule has 25 heavy (non-hydrogen) atoms. The lowest BCUT2D eigenvalue weighted by Gasteiger charge is -2.10. The summed E-state index contributed by atoms with van der Waals surface area (Å²) >= 11 is 0. The van der Waals surface area contributed by atoms with E-state index in [0.29, 0.717) is 5.56 Å². The van der Waals surface area contributed by atoms with Gasteiger partial charge >= 0.3 is 11.9 Å². The van der Waals surface area contributed by atoms with Crippen molar-refractivity contribution < 1.29 is 28.7 Å². The molecule has 0 aromatic heterocycles. The summed E-state index contributed by atoms with van der Waals surface area (Å²) in [5, 5.41) is 10.8. The number of nitrogens with zero attached hydrogens (tertiary/aromatic N) is 1. The third kappa shape index (κ3) is 3.92. The summed E-state index contributed by atoms with van der Waals surface area (Å²) in [4.78, 5) is 34.1. The number of carbonyl (C=O) groups is 2. The van der Waals surface area contributed by atoms with Gasteiger partial charge in [0.25, 0.3) is 5.69 Å². The van der Waals surface area contributed by atoms with Crippen LogP contribution in [0.4, 0.5) is 5.69 Å². The predicted molar refractivity (Wildman–Crippen MR) is 87.1 cm³/mol. The fraction of sp³-hybridized carbons (Fsp3) is 0.176. The van der Waals surface area contributed by atoms with Crippen LogP contribution in [-0.4, -0.2) is 31.1 Å². The Morgan fingerprint density at radius 1 is 0.960 bits per heavy atom. The van der Waals surface area contributed by atoms with E-state index in [1.54, 1.807) is 0 Å². The van der Waals surface area contributed by atoms with Crippen molar-refractivity contribution in [2.45, 2.75) is 6.92 Å². The van der Waals surface area contributed by atoms with Crippen molar-refractivity contribution in [3.05, 3.63) is 63.2 Å². The second-order valence-corrected chi connectivity index (χ2v) is 5.01. The molecule has 0 aliphatic carbocycles. The maximum atomic E-state index is 12.3. The minimum Gasteiger partial charge on any atom is -0.493 e. The first kappa shape index (κ1) is 17.9. The van der Waals surface area contributed by atoms with E-state index < -0.39 is 16.9 Å². The highest BCUT2D eigenvalue weighted by molar-refractivity contribution is 5.93. The van der Waals surface area contributed by atoms with Gasteiger partial charge in [-0.2, -0.15) is 0 Å². The van der Waals surface area contributed by atoms with Crippen LogP contribution >= 0.6 is 0 Å². The number of methoxy groups -OCH3 is 2. The molecule has 8 heteroatoms. The molecule has 8 nitrogen and oxygen atoms in total. The van der Waals surface area contributed by atoms with E-state index in [1.807, 2.05) is 0 Å². The van der Waals surface area contributed by atoms with Gasteiger partial charge in [-0.3, -0.25) is 10.1 Å². The van der Waals surface area contributed by atoms with E-state index in [2.05, 4.69) is 4.74 Å². The zero-order chi connectivity index (χ0) is 18.6. The van der Waals surface area contributed by atoms with Gasteiger partial charge in [0.05, 0.1) is 30.3 Å². The zero-order valence-corrected chi connectivity index (χ0v) is 13.8. The van der Waals surface area contributed by atoms with Gasteiger partial charge in [0.15, 0.2) is 11.5 Å². The molecule has 2 aromatic carbocycles. The lowest BCUT2D eigenvalue weighted by atomic mass is 10.1. The molecule has 0 amide bonds. The summed E-state index contributed by atoms with van der Waals surface area (Å²) in [6, 6.07) is 8.14. The van der Waals surface area contributed by atoms with Gasteiger partial charge in [-0.25, -0.2) is 9.59 Å². The van der Waals surface area contributed by atoms with Crippen molar-refractivity contribution in [3.8, 4) is 11.5 Å². The zero-order valence-electron chi connectivity index (χ0n) is 13.8. The Morgan fingerprint density at radius 2 is 1.60 bits per heavy atom. The van der Waals surface area contributed by atoms with E-state index in [4.69, 9.17) is 9.47 Å². The molecule has 0 unspecified atom stereocenters. The van der Waals surface area contributed by atoms with Crippen molar-refractivity contribution in [3.63, 3.8) is 0 Å². The number of hydrogen-bond donors (Lipinski definition) is 0. The molecule has 0 radical (unpaired) electrons. The van der Waals surface area contributed by atoms with Crippen LogP contribution in [-0.2, 0) is 4.74 Å². The van der Waals surface area contributed by atoms with Crippen molar-refractivity contribution in [1.82, 2.24) is 0 Å². The molecule has 0 fully saturated rings. The molecule has 0 saturated carbocycles. The SMILES string of the molecule is COC(=O)c1ccc(OC(=O)c2ccc([N+](=O)[O-])c(C)c2)c(OC)c1. The maximum absolute atomic E-state index is 12.3. The van der Waals surface area contributed by atoms with Crippen molar-refractivity contribution in [2.24, 2.45) is 0 Å². The fourth-order valence-electron chi connectivity index (χ4n) is 2.14. The predicted octanol–water partition coefficient (Wildman–Crippen LogP) is 2.92. The second-order valence-electron chi connectivity index (χ2n) is 5.01. The molecule has 130 valence electrons. The Bertz CT molecular complexity index is 845. The maximum Gasteiger partial charge on any atom is 0.343 e. The third-order valence-corrected chi connectivity index (χ3v) is 3.42. The summed E-state index contributed by atoms with van der Waals surface area (Å²) in [6.45, 7) is 1.53. The van der Waals surface area contributed by atoms with Gasteiger partial charge in [0.2, 0.25) is 0 Å². The topological polar surface area (TPSA) is 105 Å². The molecular weight excluding hydrogens is 330 g/mol. The summed E-state index contributed by atoms with van der Waals surface area (Å²) in [5.41, 5.74) is 0.650. The largest absolute Gasteiger partial charge is 0.493 e. The molecule has 2 aromatic rings. The van der Waals surface area contributed by atoms with Crippen LogP contribution in [0.15, 0.2) is 36.4 Å². The Labute approximate surface area is 143 Å². The van der Waals surface area contributed by atoms with Crippen LogP contribution in [0.2, 0.25) is 0 Å². The minimum absolute atomic E-state index is 0.0865. The Balaban J connectivity index is 2.27. The molecule has 0 heterocycles. The smallest absolute Gasteiger partial charge is 0.343 e. The highest BCUT2D eigenvalue weighted by atomic mass is 16.6. The number of aryl methyl sites for hydroxylation is 1. The van der Waals surface area contributed by atoms with Crippen LogP contribution in [0.1, 0.15) is 26.3 Å². The third-order valence-electron chi connectivity index (χ3n) is 3.42. The molecule has 0 atom stereocenters. The number of ether oxygens (including phenoxy) is 3. The highest BCUT2D eigenvalue weighted by Crippen LogP contribution is 2.29. The molecule has 0 aliphatic rings. The Kier molecular flexibility index (Phi) is 5.33. The molecule has 0 bridgehead atoms. The summed E-state index contributed by atoms with van der Waals surface area (Å²) in [5.74, 6) is -0.977. The number of hydrogen-bond acceptors (Lipinski definition) is 7. The van der Waals surface area contributed by atoms with Crippen LogP contribution in [0.25, 0.3) is 0 Å². The van der Waals surface area contributed by atoms with Crippen LogP contribution < -0.4 is 9.47 Å². The average molecular weight is 345 g/mol. The number of esters is 2. The molecule has 2 rings (SSSR count). The molecule has 0 aliphatic heterocycles. The Hall–Kier alpha value is -3.42. The van der Waals surface area contributed by atoms with Gasteiger partial charge in [-0.05, 0) is 37.3 Å². The first-order valence-corrected chi connectivity index (χ1v) is 7.11. The van der Waals surface area contributed by atoms with Crippen molar-refractivity contribution in [2.75, 3.05) is 14.2 Å². The summed E-state index contributed by atoms with van der Waals surface area (Å²) in [7, 11) is 2.61. The summed E-state index contributed by atoms with van der Waals surface area (Å²) < 4.78 is 15.0. The number of carbonyl (C=O) groups excluding carboxylic acids is 2. The lowest BCUT2D eigenvalue weighted by molar-refractivity contribution is -0.385. The van der Waals surface area contributed by atoms with E-state index in [1.165, 1.54) is 57.5 Å². The standard InChI is InChI=1S/C17H15NO7/c1-10-8-11(4-6-13(10)18(21)22)17(20)25-14-7-5-12(16(19)24-3)9-15(14)23-2/h4-9H,1-3H3. The van der Waals surface area contributed by atoms with E-state index in [9.17, 15) is 19.7 Å². The monoisotopic (exact) mass is 345 g/mol. The minimum atomic E-state index is -0.706. The van der Waals surface area contributed by atoms with Gasteiger partial charge in [0.1, 0.15) is 0 Å². The molecule has 0 spiro atoms. The van der Waals surface area contributed by atoms with Crippen LogP contribution in [0.3, 0.4) is 0 Å². The quantitative estimate of drug-likeness (QED) is 0.355. The highest BCUT2D eigenvalue weighted by Gasteiger charge is 2.18. The van der Waals surface area contributed by atoms with Crippen molar-refractivity contribution in [1.29, 1.82) is 0 Å². The molecular formula is C17H15NO7. The second kappa shape index (κ2) is 7.43. The van der Waals surface area contributed by atoms with E-state index in [-0.39, 0.29) is 28.3 Å². The Morgan fingerprint density at radius 3 is 2.16 bits per heavy atom. The lowest BCUT2D eigenvalue weighted by Crippen LogP contribution is -2.10. The van der Waals surface area contributed by atoms with Gasteiger partial charge in [-0.15, -0.1) is 0 Å². The fourth-order valence-corrected chi connectivity index (χ4v) is 2.14. The van der Waals surface area contributed by atoms with E-state index in [0.717, 1.165) is 0 Å². The van der Waals surface area contributed by atoms with Gasteiger partial charge < -0.3 is 14.2 Å². The van der Waals surface area contributed by atoms with Gasteiger partial charge in [-0.1, -0.05) is 0 Å². The first-order valence-electron chi connectivity index (χ1n) is 7.11. The van der Waals surface area contributed by atoms with Crippen LogP contribution in [0, 0.1) is 17.0 Å². The first-order chi connectivity index (χ1) is 11.9. The normalized spacial score (nSPS) is 10.0. The average Bonchev–Trinajstić information content (AvgIpc) is 2.60. The van der Waals surface area contributed by atoms with Crippen molar-refractivity contribution >= 4 is 17.6 Å². The number of rotatable bonds is 5. The van der Waals surface area contributed by atoms with E-state index >= 15 is 0 Å². The molecule has 0 N–H and O–H groups in total. The number of benzene rings is 2. The van der Waals surface area contributed by atoms with Gasteiger partial charge in [0, 0.05) is 11.6 Å².